The van der Waals surface area contributed by atoms with Crippen molar-refractivity contribution in [3.05, 3.63) is 45.6 Å². The first-order chi connectivity index (χ1) is 12.8. The number of nitrogens with zero attached hydrogens (tertiary/aromatic N) is 2. The van der Waals surface area contributed by atoms with Gasteiger partial charge in [-0.25, -0.2) is 13.8 Å². The summed E-state index contributed by atoms with van der Waals surface area (Å²) in [6.45, 7) is 5.99. The van der Waals surface area contributed by atoms with E-state index in [0.29, 0.717) is 11.9 Å². The number of fused-ring (bicyclic) bond motifs is 1. The van der Waals surface area contributed by atoms with Crippen LogP contribution in [-0.4, -0.2) is 22.0 Å². The van der Waals surface area contributed by atoms with E-state index in [9.17, 15) is 13.6 Å². The van der Waals surface area contributed by atoms with Gasteiger partial charge in [0.05, 0.1) is 20.8 Å². The molecule has 0 spiro atoms. The Balaban J connectivity index is 1.76. The van der Waals surface area contributed by atoms with Crippen molar-refractivity contribution in [3.63, 3.8) is 0 Å². The van der Waals surface area contributed by atoms with Crippen molar-refractivity contribution >= 4 is 34.2 Å². The summed E-state index contributed by atoms with van der Waals surface area (Å²) in [7, 11) is 1.81. The van der Waals surface area contributed by atoms with Gasteiger partial charge in [-0.3, -0.25) is 10.1 Å². The first-order valence-corrected chi connectivity index (χ1v) is 9.52. The number of hydrogen-bond donors (Lipinski definition) is 2. The molecule has 0 saturated carbocycles. The molecular formula is C19H22F2N4OS. The number of amides is 1. The lowest BCUT2D eigenvalue weighted by Gasteiger charge is -2.07. The normalized spacial score (nSPS) is 11.7. The molecule has 5 nitrogen and oxygen atoms in total. The van der Waals surface area contributed by atoms with Gasteiger partial charge in [-0.1, -0.05) is 19.9 Å². The van der Waals surface area contributed by atoms with Crippen molar-refractivity contribution in [2.24, 2.45) is 13.0 Å². The summed E-state index contributed by atoms with van der Waals surface area (Å²) in [6.07, 6.45) is -2.57. The van der Waals surface area contributed by atoms with Gasteiger partial charge in [0.25, 0.3) is 12.3 Å². The number of halogens is 2. The van der Waals surface area contributed by atoms with E-state index in [1.54, 1.807) is 11.6 Å². The highest BCUT2D eigenvalue weighted by atomic mass is 32.1. The van der Waals surface area contributed by atoms with Crippen LogP contribution in [0.25, 0.3) is 11.0 Å². The highest BCUT2D eigenvalue weighted by Gasteiger charge is 2.17. The lowest BCUT2D eigenvalue weighted by Crippen LogP contribution is -2.18. The lowest BCUT2D eigenvalue weighted by atomic mass is 10.2. The molecule has 1 aromatic carbocycles. The summed E-state index contributed by atoms with van der Waals surface area (Å²) < 4.78 is 27.2. The van der Waals surface area contributed by atoms with Gasteiger partial charge in [-0.15, -0.1) is 11.3 Å². The van der Waals surface area contributed by atoms with Gasteiger partial charge in [0.15, 0.2) is 0 Å². The van der Waals surface area contributed by atoms with Gasteiger partial charge < -0.3 is 9.88 Å². The number of hydrogen-bond acceptors (Lipinski definition) is 4. The number of carbonyl (C=O) groups excluding carboxylic acids is 1. The Kier molecular flexibility index (Phi) is 5.86. The number of nitrogens with one attached hydrogen (secondary N) is 2. The predicted octanol–water partition coefficient (Wildman–Crippen LogP) is 4.57. The zero-order chi connectivity index (χ0) is 19.6. The first-order valence-electron chi connectivity index (χ1n) is 8.70. The standard InChI is InChI=1S/C19H22F2N4OS/c1-11(2)9-22-10-12-4-5-14-13(8-12)23-19(25(14)3)24-18(26)16-7-6-15(27-16)17(20)21/h4-8,11,17,22H,9-10H2,1-3H3,(H,23,24,26). The molecule has 2 N–H and O–H groups in total. The second-order valence-corrected chi connectivity index (χ2v) is 7.91. The van der Waals surface area contributed by atoms with Crippen LogP contribution in [0.15, 0.2) is 30.3 Å². The minimum absolute atomic E-state index is 0.122. The van der Waals surface area contributed by atoms with E-state index < -0.39 is 12.3 Å². The van der Waals surface area contributed by atoms with E-state index in [-0.39, 0.29) is 9.75 Å². The van der Waals surface area contributed by atoms with Crippen molar-refractivity contribution in [2.45, 2.75) is 26.8 Å². The largest absolute Gasteiger partial charge is 0.313 e. The second kappa shape index (κ2) is 8.14. The number of imidazole rings is 1. The molecule has 0 fully saturated rings. The zero-order valence-electron chi connectivity index (χ0n) is 15.4. The van der Waals surface area contributed by atoms with Gasteiger partial charge >= 0.3 is 0 Å². The molecule has 3 rings (SSSR count). The Morgan fingerprint density at radius 3 is 2.70 bits per heavy atom. The van der Waals surface area contributed by atoms with Crippen LogP contribution < -0.4 is 10.6 Å². The highest BCUT2D eigenvalue weighted by molar-refractivity contribution is 7.14. The first kappa shape index (κ1) is 19.4. The Labute approximate surface area is 160 Å². The Bertz CT molecular complexity index is 948. The summed E-state index contributed by atoms with van der Waals surface area (Å²) in [5, 5.41) is 6.10. The van der Waals surface area contributed by atoms with Crippen LogP contribution in [0.5, 0.6) is 0 Å². The van der Waals surface area contributed by atoms with E-state index in [2.05, 4.69) is 29.5 Å². The van der Waals surface area contributed by atoms with Crippen LogP contribution >= 0.6 is 11.3 Å². The molecule has 2 aromatic heterocycles. The summed E-state index contributed by atoms with van der Waals surface area (Å²) in [6, 6.07) is 8.65. The van der Waals surface area contributed by atoms with E-state index in [0.717, 1.165) is 41.0 Å². The Morgan fingerprint density at radius 2 is 2.04 bits per heavy atom. The minimum Gasteiger partial charge on any atom is -0.313 e. The van der Waals surface area contributed by atoms with Crippen LogP contribution in [0, 0.1) is 5.92 Å². The van der Waals surface area contributed by atoms with Crippen LogP contribution in [0.4, 0.5) is 14.7 Å². The van der Waals surface area contributed by atoms with Crippen LogP contribution in [0.3, 0.4) is 0 Å². The molecule has 0 unspecified atom stereocenters. The summed E-state index contributed by atoms with van der Waals surface area (Å²) in [5.74, 6) is 0.520. The van der Waals surface area contributed by atoms with Gasteiger partial charge in [-0.2, -0.15) is 0 Å². The number of alkyl halides is 2. The molecule has 0 aliphatic heterocycles. The lowest BCUT2D eigenvalue weighted by molar-refractivity contribution is 0.102. The van der Waals surface area contributed by atoms with Crippen LogP contribution in [0.2, 0.25) is 0 Å². The molecular weight excluding hydrogens is 370 g/mol. The summed E-state index contributed by atoms with van der Waals surface area (Å²) >= 11 is 0.788. The highest BCUT2D eigenvalue weighted by Crippen LogP contribution is 2.28. The third-order valence-corrected chi connectivity index (χ3v) is 5.21. The predicted molar refractivity (Wildman–Crippen MR) is 104 cm³/mol. The number of rotatable bonds is 7. The SMILES string of the molecule is CC(C)CNCc1ccc2c(c1)nc(NC(=O)c1ccc(C(F)F)s1)n2C. The number of aryl methyl sites for hydroxylation is 1. The maximum atomic E-state index is 12.7. The average molecular weight is 392 g/mol. The van der Waals surface area contributed by atoms with E-state index in [1.165, 1.54) is 12.1 Å². The summed E-state index contributed by atoms with van der Waals surface area (Å²) in [5.41, 5.74) is 2.77. The second-order valence-electron chi connectivity index (χ2n) is 6.80. The molecule has 0 aliphatic carbocycles. The smallest absolute Gasteiger partial charge is 0.272 e. The maximum Gasteiger partial charge on any atom is 0.272 e. The molecule has 2 heterocycles. The minimum atomic E-state index is -2.57. The maximum absolute atomic E-state index is 12.7. The molecule has 3 aromatic rings. The summed E-state index contributed by atoms with van der Waals surface area (Å²) in [4.78, 5) is 16.9. The monoisotopic (exact) mass is 392 g/mol. The van der Waals surface area contributed by atoms with Gasteiger partial charge in [0, 0.05) is 13.6 Å². The number of anilines is 1. The third kappa shape index (κ3) is 4.51. The van der Waals surface area contributed by atoms with Crippen molar-refractivity contribution in [1.82, 2.24) is 14.9 Å². The van der Waals surface area contributed by atoms with Crippen molar-refractivity contribution < 1.29 is 13.6 Å². The molecule has 1 amide bonds. The fourth-order valence-electron chi connectivity index (χ4n) is 2.73. The molecule has 0 bridgehead atoms. The number of carbonyl (C=O) groups is 1. The van der Waals surface area contributed by atoms with E-state index >= 15 is 0 Å². The molecule has 144 valence electrons. The molecule has 27 heavy (non-hydrogen) atoms. The van der Waals surface area contributed by atoms with Crippen LogP contribution in [0.1, 0.15) is 40.4 Å². The van der Waals surface area contributed by atoms with Crippen LogP contribution in [-0.2, 0) is 13.6 Å². The third-order valence-electron chi connectivity index (χ3n) is 4.12. The topological polar surface area (TPSA) is 59.0 Å². The quantitative estimate of drug-likeness (QED) is 0.619. The molecule has 8 heteroatoms. The number of thiophene rings is 1. The van der Waals surface area contributed by atoms with Crippen molar-refractivity contribution in [1.29, 1.82) is 0 Å². The molecule has 0 saturated heterocycles. The van der Waals surface area contributed by atoms with Gasteiger partial charge in [0.1, 0.15) is 0 Å². The fraction of sp³-hybridized carbons (Fsp3) is 0.368. The van der Waals surface area contributed by atoms with E-state index in [4.69, 9.17) is 0 Å². The average Bonchev–Trinajstić information content (AvgIpc) is 3.21. The fourth-order valence-corrected chi connectivity index (χ4v) is 3.49. The Morgan fingerprint density at radius 1 is 1.26 bits per heavy atom. The van der Waals surface area contributed by atoms with E-state index in [1.807, 2.05) is 18.2 Å². The molecule has 0 atom stereocenters. The van der Waals surface area contributed by atoms with Gasteiger partial charge in [0.2, 0.25) is 5.95 Å². The molecule has 0 radical (unpaired) electrons. The number of benzene rings is 1. The zero-order valence-corrected chi connectivity index (χ0v) is 16.2. The number of aromatic nitrogens is 2. The Hall–Kier alpha value is -2.32. The van der Waals surface area contributed by atoms with Crippen molar-refractivity contribution in [3.8, 4) is 0 Å². The van der Waals surface area contributed by atoms with Crippen molar-refractivity contribution in [2.75, 3.05) is 11.9 Å². The van der Waals surface area contributed by atoms with Gasteiger partial charge in [-0.05, 0) is 42.3 Å². The molecule has 0 aliphatic rings.